The van der Waals surface area contributed by atoms with Gasteiger partial charge in [0.05, 0.1) is 11.8 Å². The third-order valence-corrected chi connectivity index (χ3v) is 3.70. The second-order valence-corrected chi connectivity index (χ2v) is 5.18. The Labute approximate surface area is 114 Å². The number of hydrogen-bond acceptors (Lipinski definition) is 3. The summed E-state index contributed by atoms with van der Waals surface area (Å²) in [6.07, 6.45) is 0.512. The van der Waals surface area contributed by atoms with Crippen LogP contribution in [0, 0.1) is 5.82 Å². The molecular formula is C15H23FN2O. The molecule has 0 unspecified atom stereocenters. The maximum atomic E-state index is 14.1. The van der Waals surface area contributed by atoms with Crippen molar-refractivity contribution in [2.75, 3.05) is 37.6 Å². The quantitative estimate of drug-likeness (QED) is 0.906. The number of piperazine rings is 1. The molecule has 0 aromatic heterocycles. The lowest BCUT2D eigenvalue weighted by Gasteiger charge is -2.37. The molecule has 1 saturated heterocycles. The van der Waals surface area contributed by atoms with Crippen LogP contribution in [0.2, 0.25) is 0 Å². The van der Waals surface area contributed by atoms with E-state index in [9.17, 15) is 9.50 Å². The third-order valence-electron chi connectivity index (χ3n) is 3.70. The van der Waals surface area contributed by atoms with Gasteiger partial charge in [0.1, 0.15) is 5.82 Å². The molecule has 0 bridgehead atoms. The minimum atomic E-state index is -0.639. The summed E-state index contributed by atoms with van der Waals surface area (Å²) < 4.78 is 14.1. The van der Waals surface area contributed by atoms with Gasteiger partial charge < -0.3 is 10.0 Å². The molecule has 1 aliphatic heterocycles. The van der Waals surface area contributed by atoms with Crippen molar-refractivity contribution in [3.05, 3.63) is 29.6 Å². The molecule has 19 heavy (non-hydrogen) atoms. The Bertz CT molecular complexity index is 415. The van der Waals surface area contributed by atoms with E-state index < -0.39 is 6.10 Å². The Kier molecular flexibility index (Phi) is 4.77. The van der Waals surface area contributed by atoms with E-state index in [1.54, 1.807) is 13.0 Å². The smallest absolute Gasteiger partial charge is 0.146 e. The van der Waals surface area contributed by atoms with Gasteiger partial charge in [0.15, 0.2) is 0 Å². The molecular weight excluding hydrogens is 243 g/mol. The molecule has 1 N–H and O–H groups in total. The summed E-state index contributed by atoms with van der Waals surface area (Å²) >= 11 is 0. The standard InChI is InChI=1S/C15H23FN2O/c1-3-7-17-8-10-18(11-9-17)15-13(12(2)19)5-4-6-14(15)16/h4-6,12,19H,3,7-11H2,1-2H3/t12-/m0/s1. The van der Waals surface area contributed by atoms with E-state index in [0.29, 0.717) is 11.3 Å². The van der Waals surface area contributed by atoms with Crippen LogP contribution in [-0.4, -0.2) is 42.7 Å². The van der Waals surface area contributed by atoms with Gasteiger partial charge in [0.2, 0.25) is 0 Å². The van der Waals surface area contributed by atoms with Gasteiger partial charge in [-0.25, -0.2) is 4.39 Å². The molecule has 0 amide bonds. The fourth-order valence-electron chi connectivity index (χ4n) is 2.71. The molecule has 1 aromatic rings. The van der Waals surface area contributed by atoms with Crippen molar-refractivity contribution in [1.29, 1.82) is 0 Å². The summed E-state index contributed by atoms with van der Waals surface area (Å²) in [4.78, 5) is 4.46. The predicted octanol–water partition coefficient (Wildman–Crippen LogP) is 2.41. The Hall–Kier alpha value is -1.13. The molecule has 0 radical (unpaired) electrons. The molecule has 0 aliphatic carbocycles. The number of aliphatic hydroxyl groups excluding tert-OH is 1. The number of aliphatic hydroxyl groups is 1. The van der Waals surface area contributed by atoms with E-state index in [2.05, 4.69) is 16.7 Å². The van der Waals surface area contributed by atoms with Gasteiger partial charge in [-0.15, -0.1) is 0 Å². The topological polar surface area (TPSA) is 26.7 Å². The van der Waals surface area contributed by atoms with Crippen LogP contribution in [0.15, 0.2) is 18.2 Å². The zero-order valence-electron chi connectivity index (χ0n) is 11.8. The maximum Gasteiger partial charge on any atom is 0.146 e. The van der Waals surface area contributed by atoms with Crippen molar-refractivity contribution in [3.8, 4) is 0 Å². The largest absolute Gasteiger partial charge is 0.389 e. The highest BCUT2D eigenvalue weighted by atomic mass is 19.1. The van der Waals surface area contributed by atoms with E-state index in [1.165, 1.54) is 6.07 Å². The van der Waals surface area contributed by atoms with Crippen molar-refractivity contribution in [3.63, 3.8) is 0 Å². The summed E-state index contributed by atoms with van der Waals surface area (Å²) in [6, 6.07) is 4.94. The normalized spacial score (nSPS) is 18.6. The van der Waals surface area contributed by atoms with E-state index >= 15 is 0 Å². The van der Waals surface area contributed by atoms with E-state index in [0.717, 1.165) is 39.1 Å². The van der Waals surface area contributed by atoms with Crippen LogP contribution >= 0.6 is 0 Å². The summed E-state index contributed by atoms with van der Waals surface area (Å²) in [5.74, 6) is -0.234. The fraction of sp³-hybridized carbons (Fsp3) is 0.600. The molecule has 4 heteroatoms. The molecule has 106 valence electrons. The van der Waals surface area contributed by atoms with Crippen LogP contribution in [0.3, 0.4) is 0 Å². The van der Waals surface area contributed by atoms with Crippen molar-refractivity contribution in [2.24, 2.45) is 0 Å². The van der Waals surface area contributed by atoms with Crippen LogP contribution in [0.5, 0.6) is 0 Å². The second-order valence-electron chi connectivity index (χ2n) is 5.18. The Morgan fingerprint density at radius 2 is 1.95 bits per heavy atom. The van der Waals surface area contributed by atoms with Crippen LogP contribution < -0.4 is 4.90 Å². The first-order valence-electron chi connectivity index (χ1n) is 7.07. The highest BCUT2D eigenvalue weighted by Crippen LogP contribution is 2.30. The summed E-state index contributed by atoms with van der Waals surface area (Å²) in [7, 11) is 0. The number of halogens is 1. The van der Waals surface area contributed by atoms with Crippen molar-refractivity contribution in [2.45, 2.75) is 26.4 Å². The fourth-order valence-corrected chi connectivity index (χ4v) is 2.71. The molecule has 1 fully saturated rings. The summed E-state index contributed by atoms with van der Waals surface area (Å²) in [6.45, 7) is 8.53. The van der Waals surface area contributed by atoms with E-state index in [1.807, 2.05) is 6.07 Å². The number of rotatable bonds is 4. The lowest BCUT2D eigenvalue weighted by Crippen LogP contribution is -2.47. The van der Waals surface area contributed by atoms with Crippen LogP contribution in [0.1, 0.15) is 31.9 Å². The van der Waals surface area contributed by atoms with Gasteiger partial charge >= 0.3 is 0 Å². The molecule has 0 saturated carbocycles. The molecule has 1 aromatic carbocycles. The van der Waals surface area contributed by atoms with Crippen molar-refractivity contribution in [1.82, 2.24) is 4.90 Å². The summed E-state index contributed by atoms with van der Waals surface area (Å²) in [5.41, 5.74) is 1.26. The summed E-state index contributed by atoms with van der Waals surface area (Å²) in [5, 5.41) is 9.79. The average molecular weight is 266 g/mol. The third kappa shape index (κ3) is 3.25. The first-order valence-corrected chi connectivity index (χ1v) is 7.07. The van der Waals surface area contributed by atoms with Gasteiger partial charge in [0.25, 0.3) is 0 Å². The van der Waals surface area contributed by atoms with E-state index in [4.69, 9.17) is 0 Å². The maximum absolute atomic E-state index is 14.1. The lowest BCUT2D eigenvalue weighted by atomic mass is 10.1. The number of anilines is 1. The molecule has 1 atom stereocenters. The van der Waals surface area contributed by atoms with Crippen molar-refractivity contribution < 1.29 is 9.50 Å². The Morgan fingerprint density at radius 1 is 1.26 bits per heavy atom. The first kappa shape index (κ1) is 14.3. The zero-order valence-corrected chi connectivity index (χ0v) is 11.8. The highest BCUT2D eigenvalue weighted by Gasteiger charge is 2.22. The SMILES string of the molecule is CCCN1CCN(c2c(F)cccc2[C@H](C)O)CC1. The Balaban J connectivity index is 2.15. The van der Waals surface area contributed by atoms with Gasteiger partial charge in [-0.2, -0.15) is 0 Å². The lowest BCUT2D eigenvalue weighted by molar-refractivity contribution is 0.198. The zero-order chi connectivity index (χ0) is 13.8. The van der Waals surface area contributed by atoms with Crippen molar-refractivity contribution >= 4 is 5.69 Å². The van der Waals surface area contributed by atoms with Crippen LogP contribution in [0.4, 0.5) is 10.1 Å². The minimum absolute atomic E-state index is 0.234. The minimum Gasteiger partial charge on any atom is -0.389 e. The molecule has 1 aliphatic rings. The predicted molar refractivity (Wildman–Crippen MR) is 76.0 cm³/mol. The average Bonchev–Trinajstić information content (AvgIpc) is 2.40. The monoisotopic (exact) mass is 266 g/mol. The van der Waals surface area contributed by atoms with Gasteiger partial charge in [-0.3, -0.25) is 4.90 Å². The van der Waals surface area contributed by atoms with Gasteiger partial charge in [-0.1, -0.05) is 19.1 Å². The van der Waals surface area contributed by atoms with Gasteiger partial charge in [0, 0.05) is 31.7 Å². The van der Waals surface area contributed by atoms with Gasteiger partial charge in [-0.05, 0) is 26.0 Å². The Morgan fingerprint density at radius 3 is 2.53 bits per heavy atom. The molecule has 2 rings (SSSR count). The highest BCUT2D eigenvalue weighted by molar-refractivity contribution is 5.56. The number of hydrogen-bond donors (Lipinski definition) is 1. The van der Waals surface area contributed by atoms with Crippen LogP contribution in [-0.2, 0) is 0 Å². The molecule has 0 spiro atoms. The first-order chi connectivity index (χ1) is 9.13. The molecule has 3 nitrogen and oxygen atoms in total. The van der Waals surface area contributed by atoms with Crippen LogP contribution in [0.25, 0.3) is 0 Å². The second kappa shape index (κ2) is 6.35. The molecule has 1 heterocycles. The number of nitrogens with zero attached hydrogens (tertiary/aromatic N) is 2. The number of benzene rings is 1. The van der Waals surface area contributed by atoms with E-state index in [-0.39, 0.29) is 5.82 Å². The number of para-hydroxylation sites is 1.